The normalized spacial score (nSPS) is 30.7. The number of aryl methyl sites for hydroxylation is 1. The third-order valence-corrected chi connectivity index (χ3v) is 6.18. The molecule has 1 spiro atoms. The van der Waals surface area contributed by atoms with Gasteiger partial charge in [0.1, 0.15) is 0 Å². The van der Waals surface area contributed by atoms with Crippen LogP contribution < -0.4 is 11.3 Å². The Morgan fingerprint density at radius 1 is 1.43 bits per heavy atom. The molecule has 2 heterocycles. The summed E-state index contributed by atoms with van der Waals surface area (Å²) in [4.78, 5) is 0. The minimum atomic E-state index is 0.135. The van der Waals surface area contributed by atoms with Crippen LogP contribution in [0.2, 0.25) is 0 Å². The molecule has 3 N–H and O–H groups in total. The third-order valence-electron chi connectivity index (χ3n) is 4.96. The molecule has 21 heavy (non-hydrogen) atoms. The summed E-state index contributed by atoms with van der Waals surface area (Å²) in [5.41, 5.74) is 5.89. The van der Waals surface area contributed by atoms with E-state index in [0.717, 1.165) is 31.6 Å². The molecule has 2 saturated heterocycles. The summed E-state index contributed by atoms with van der Waals surface area (Å²) < 4.78 is 6.13. The molecule has 1 aromatic rings. The number of hydrogen-bond acceptors (Lipinski definition) is 4. The lowest BCUT2D eigenvalue weighted by molar-refractivity contribution is -0.0850. The Balaban J connectivity index is 1.66. The molecule has 0 radical (unpaired) electrons. The van der Waals surface area contributed by atoms with Crippen molar-refractivity contribution in [2.75, 3.05) is 18.1 Å². The second-order valence-corrected chi connectivity index (χ2v) is 7.65. The van der Waals surface area contributed by atoms with E-state index >= 15 is 0 Å². The number of rotatable bonds is 4. The van der Waals surface area contributed by atoms with Gasteiger partial charge in [0.25, 0.3) is 0 Å². The highest BCUT2D eigenvalue weighted by Crippen LogP contribution is 2.41. The predicted molar refractivity (Wildman–Crippen MR) is 89.3 cm³/mol. The number of benzene rings is 1. The smallest absolute Gasteiger partial charge is 0.0783 e. The number of thioether (sulfide) groups is 1. The summed E-state index contributed by atoms with van der Waals surface area (Å²) in [5, 5.41) is 0. The second-order valence-electron chi connectivity index (χ2n) is 6.55. The van der Waals surface area contributed by atoms with E-state index in [-0.39, 0.29) is 5.60 Å². The highest BCUT2D eigenvalue weighted by molar-refractivity contribution is 7.99. The monoisotopic (exact) mass is 306 g/mol. The Morgan fingerprint density at radius 3 is 2.90 bits per heavy atom. The van der Waals surface area contributed by atoms with Gasteiger partial charge >= 0.3 is 0 Å². The van der Waals surface area contributed by atoms with Crippen molar-refractivity contribution in [2.24, 2.45) is 11.8 Å². The zero-order chi connectivity index (χ0) is 14.7. The molecular weight excluding hydrogens is 280 g/mol. The van der Waals surface area contributed by atoms with Gasteiger partial charge in [-0.3, -0.25) is 11.3 Å². The minimum absolute atomic E-state index is 0.135. The fourth-order valence-electron chi connectivity index (χ4n) is 3.61. The van der Waals surface area contributed by atoms with Crippen LogP contribution in [0.25, 0.3) is 0 Å². The molecule has 3 atom stereocenters. The molecule has 1 aromatic carbocycles. The minimum Gasteiger partial charge on any atom is -0.374 e. The van der Waals surface area contributed by atoms with E-state index in [4.69, 9.17) is 10.6 Å². The molecule has 3 nitrogen and oxygen atoms in total. The van der Waals surface area contributed by atoms with Crippen molar-refractivity contribution >= 4 is 11.8 Å². The van der Waals surface area contributed by atoms with Gasteiger partial charge in [0.05, 0.1) is 5.60 Å². The molecule has 3 rings (SSSR count). The first-order valence-electron chi connectivity index (χ1n) is 7.94. The summed E-state index contributed by atoms with van der Waals surface area (Å²) in [6, 6.07) is 9.16. The van der Waals surface area contributed by atoms with Crippen LogP contribution in [0.3, 0.4) is 0 Å². The van der Waals surface area contributed by atoms with Crippen LogP contribution in [0.5, 0.6) is 0 Å². The van der Waals surface area contributed by atoms with Crippen molar-refractivity contribution in [3.05, 3.63) is 35.4 Å². The van der Waals surface area contributed by atoms with E-state index in [1.807, 2.05) is 11.8 Å². The molecule has 116 valence electrons. The molecule has 0 aromatic heterocycles. The molecule has 2 aliphatic heterocycles. The summed E-state index contributed by atoms with van der Waals surface area (Å²) >= 11 is 2.03. The number of nitrogens with two attached hydrogens (primary N) is 1. The highest BCUT2D eigenvalue weighted by atomic mass is 32.2. The Labute approximate surface area is 132 Å². The van der Waals surface area contributed by atoms with E-state index in [2.05, 4.69) is 36.6 Å². The molecule has 0 aliphatic carbocycles. The maximum absolute atomic E-state index is 6.13. The third kappa shape index (κ3) is 3.62. The van der Waals surface area contributed by atoms with E-state index in [1.165, 1.54) is 23.3 Å². The summed E-state index contributed by atoms with van der Waals surface area (Å²) in [6.07, 6.45) is 4.48. The maximum Gasteiger partial charge on any atom is 0.0783 e. The van der Waals surface area contributed by atoms with Crippen LogP contribution in [0.15, 0.2) is 24.3 Å². The lowest BCUT2D eigenvalue weighted by Crippen LogP contribution is -2.49. The fourth-order valence-corrected chi connectivity index (χ4v) is 4.99. The van der Waals surface area contributed by atoms with Crippen LogP contribution in [0.1, 0.15) is 30.4 Å². The van der Waals surface area contributed by atoms with E-state index < -0.39 is 0 Å². The van der Waals surface area contributed by atoms with Crippen molar-refractivity contribution in [3.63, 3.8) is 0 Å². The van der Waals surface area contributed by atoms with Crippen LogP contribution >= 0.6 is 11.8 Å². The average Bonchev–Trinajstić information content (AvgIpc) is 2.94. The maximum atomic E-state index is 6.13. The van der Waals surface area contributed by atoms with Crippen molar-refractivity contribution in [1.82, 2.24) is 5.43 Å². The Hall–Kier alpha value is -0.550. The first-order chi connectivity index (χ1) is 10.2. The van der Waals surface area contributed by atoms with E-state index in [9.17, 15) is 0 Å². The van der Waals surface area contributed by atoms with Crippen molar-refractivity contribution in [3.8, 4) is 0 Å². The Kier molecular flexibility index (Phi) is 4.89. The van der Waals surface area contributed by atoms with Gasteiger partial charge in [-0.05, 0) is 49.8 Å². The average molecular weight is 306 g/mol. The van der Waals surface area contributed by atoms with Crippen molar-refractivity contribution in [2.45, 2.75) is 44.2 Å². The zero-order valence-corrected chi connectivity index (χ0v) is 13.6. The van der Waals surface area contributed by atoms with Crippen LogP contribution in [0, 0.1) is 12.8 Å². The SMILES string of the molecule is Cc1ccc(CC(NN)C2CCOC3(CCSC3)C2)cc1. The zero-order valence-electron chi connectivity index (χ0n) is 12.8. The standard InChI is InChI=1S/C17H26N2OS/c1-13-2-4-14(5-3-13)10-16(19-18)15-6-8-20-17(11-15)7-9-21-12-17/h2-5,15-16,19H,6-12,18H2,1H3. The van der Waals surface area contributed by atoms with Crippen molar-refractivity contribution in [1.29, 1.82) is 0 Å². The lowest BCUT2D eigenvalue weighted by atomic mass is 9.79. The topological polar surface area (TPSA) is 47.3 Å². The van der Waals surface area contributed by atoms with Gasteiger partial charge in [-0.15, -0.1) is 0 Å². The molecular formula is C17H26N2OS. The van der Waals surface area contributed by atoms with E-state index in [0.29, 0.717) is 12.0 Å². The van der Waals surface area contributed by atoms with Gasteiger partial charge < -0.3 is 4.74 Å². The molecule has 4 heteroatoms. The van der Waals surface area contributed by atoms with Crippen LogP contribution in [-0.2, 0) is 11.2 Å². The van der Waals surface area contributed by atoms with Gasteiger partial charge in [0, 0.05) is 18.4 Å². The predicted octanol–water partition coefficient (Wildman–Crippen LogP) is 2.67. The number of ether oxygens (including phenoxy) is 1. The van der Waals surface area contributed by atoms with Gasteiger partial charge in [0.15, 0.2) is 0 Å². The van der Waals surface area contributed by atoms with Crippen LogP contribution in [-0.4, -0.2) is 29.8 Å². The molecule has 2 aliphatic rings. The molecule has 2 fully saturated rings. The quantitative estimate of drug-likeness (QED) is 0.663. The number of hydrazine groups is 1. The summed E-state index contributed by atoms with van der Waals surface area (Å²) in [7, 11) is 0. The molecule has 0 bridgehead atoms. The Bertz CT molecular complexity index is 456. The van der Waals surface area contributed by atoms with E-state index in [1.54, 1.807) is 0 Å². The first kappa shape index (κ1) is 15.3. The molecule has 0 amide bonds. The van der Waals surface area contributed by atoms with Crippen LogP contribution in [0.4, 0.5) is 0 Å². The first-order valence-corrected chi connectivity index (χ1v) is 9.10. The van der Waals surface area contributed by atoms with Gasteiger partial charge in [-0.1, -0.05) is 29.8 Å². The van der Waals surface area contributed by atoms with Gasteiger partial charge in [-0.2, -0.15) is 11.8 Å². The number of nitrogens with one attached hydrogen (secondary N) is 1. The highest BCUT2D eigenvalue weighted by Gasteiger charge is 2.42. The van der Waals surface area contributed by atoms with Gasteiger partial charge in [0.2, 0.25) is 0 Å². The summed E-state index contributed by atoms with van der Waals surface area (Å²) in [6.45, 7) is 3.01. The van der Waals surface area contributed by atoms with Gasteiger partial charge in [-0.25, -0.2) is 0 Å². The number of hydrogen-bond donors (Lipinski definition) is 2. The molecule has 0 saturated carbocycles. The largest absolute Gasteiger partial charge is 0.374 e. The van der Waals surface area contributed by atoms with Crippen molar-refractivity contribution < 1.29 is 4.74 Å². The fraction of sp³-hybridized carbons (Fsp3) is 0.647. The summed E-state index contributed by atoms with van der Waals surface area (Å²) in [5.74, 6) is 8.89. The lowest BCUT2D eigenvalue weighted by Gasteiger charge is -2.40. The Morgan fingerprint density at radius 2 is 2.24 bits per heavy atom. The second kappa shape index (κ2) is 6.69. The molecule has 3 unspecified atom stereocenters.